The van der Waals surface area contributed by atoms with Crippen molar-refractivity contribution < 1.29 is 13.9 Å². The van der Waals surface area contributed by atoms with Crippen LogP contribution in [0.25, 0.3) is 32.9 Å². The van der Waals surface area contributed by atoms with Gasteiger partial charge in [-0.05, 0) is 23.1 Å². The fraction of sp³-hybridized carbons (Fsp3) is 0.0952. The lowest BCUT2D eigenvalue weighted by Crippen LogP contribution is -2.16. The van der Waals surface area contributed by atoms with E-state index in [0.29, 0.717) is 41.2 Å². The minimum absolute atomic E-state index is 0.0689. The Hall–Kier alpha value is -3.27. The minimum Gasteiger partial charge on any atom is -0.486 e. The van der Waals surface area contributed by atoms with Crippen molar-refractivity contribution in [1.82, 2.24) is 0 Å². The average molecular weight is 330 g/mol. The SMILES string of the molecule is O=c1c(-c2ccccc2)coc2ccc3ccc4c(c3c12)OCCO4. The van der Waals surface area contributed by atoms with E-state index in [0.717, 1.165) is 16.3 Å². The molecular weight excluding hydrogens is 316 g/mol. The van der Waals surface area contributed by atoms with Gasteiger partial charge >= 0.3 is 0 Å². The summed E-state index contributed by atoms with van der Waals surface area (Å²) in [5, 5.41) is 2.21. The van der Waals surface area contributed by atoms with E-state index in [-0.39, 0.29) is 5.43 Å². The number of hydrogen-bond donors (Lipinski definition) is 0. The molecule has 0 saturated heterocycles. The molecular formula is C21H14O4. The number of hydrogen-bond acceptors (Lipinski definition) is 4. The lowest BCUT2D eigenvalue weighted by Gasteiger charge is -2.20. The predicted molar refractivity (Wildman–Crippen MR) is 96.4 cm³/mol. The molecule has 0 fully saturated rings. The molecule has 3 aromatic carbocycles. The first-order valence-electron chi connectivity index (χ1n) is 8.15. The Morgan fingerprint density at radius 2 is 1.60 bits per heavy atom. The van der Waals surface area contributed by atoms with Crippen LogP contribution >= 0.6 is 0 Å². The molecule has 122 valence electrons. The Kier molecular flexibility index (Phi) is 3.04. The molecule has 0 bridgehead atoms. The maximum atomic E-state index is 13.3. The standard InChI is InChI=1S/C21H14O4/c22-20-15(13-4-2-1-3-5-13)12-25-16-8-6-14-7-9-17-21(18(14)19(16)20)24-11-10-23-17/h1-9,12H,10-11H2. The second kappa shape index (κ2) is 5.38. The van der Waals surface area contributed by atoms with Crippen LogP contribution in [-0.2, 0) is 0 Å². The first-order chi connectivity index (χ1) is 12.3. The highest BCUT2D eigenvalue weighted by atomic mass is 16.6. The molecule has 0 saturated carbocycles. The molecule has 1 aliphatic heterocycles. The molecule has 0 spiro atoms. The number of ether oxygens (including phenoxy) is 2. The Morgan fingerprint density at radius 1 is 0.800 bits per heavy atom. The zero-order valence-electron chi connectivity index (χ0n) is 13.3. The first-order valence-corrected chi connectivity index (χ1v) is 8.15. The van der Waals surface area contributed by atoms with E-state index >= 15 is 0 Å². The first kappa shape index (κ1) is 14.1. The summed E-state index contributed by atoms with van der Waals surface area (Å²) in [4.78, 5) is 13.3. The van der Waals surface area contributed by atoms with Gasteiger partial charge in [0.05, 0.1) is 10.9 Å². The molecule has 25 heavy (non-hydrogen) atoms. The number of fused-ring (bicyclic) bond motifs is 5. The minimum atomic E-state index is -0.0689. The molecule has 0 aliphatic carbocycles. The molecule has 1 aromatic heterocycles. The van der Waals surface area contributed by atoms with E-state index in [2.05, 4.69) is 0 Å². The lowest BCUT2D eigenvalue weighted by atomic mass is 10.00. The van der Waals surface area contributed by atoms with E-state index in [1.807, 2.05) is 54.6 Å². The zero-order valence-corrected chi connectivity index (χ0v) is 13.3. The molecule has 4 heteroatoms. The fourth-order valence-electron chi connectivity index (χ4n) is 3.35. The molecule has 0 radical (unpaired) electrons. The summed E-state index contributed by atoms with van der Waals surface area (Å²) in [5.74, 6) is 1.28. The van der Waals surface area contributed by atoms with E-state index in [1.165, 1.54) is 6.26 Å². The third-order valence-electron chi connectivity index (χ3n) is 4.51. The monoisotopic (exact) mass is 330 g/mol. The van der Waals surface area contributed by atoms with E-state index in [9.17, 15) is 4.79 Å². The van der Waals surface area contributed by atoms with Crippen LogP contribution in [0.2, 0.25) is 0 Å². The van der Waals surface area contributed by atoms with Crippen molar-refractivity contribution in [2.24, 2.45) is 0 Å². The number of benzene rings is 3. The summed E-state index contributed by atoms with van der Waals surface area (Å²) in [7, 11) is 0. The van der Waals surface area contributed by atoms with Gasteiger partial charge in [0.15, 0.2) is 11.5 Å². The topological polar surface area (TPSA) is 48.7 Å². The fourth-order valence-corrected chi connectivity index (χ4v) is 3.35. The molecule has 5 rings (SSSR count). The van der Waals surface area contributed by atoms with Gasteiger partial charge in [0.1, 0.15) is 25.1 Å². The van der Waals surface area contributed by atoms with Crippen LogP contribution in [0.4, 0.5) is 0 Å². The van der Waals surface area contributed by atoms with Gasteiger partial charge < -0.3 is 13.9 Å². The average Bonchev–Trinajstić information content (AvgIpc) is 2.68. The van der Waals surface area contributed by atoms with Crippen molar-refractivity contribution in [3.63, 3.8) is 0 Å². The van der Waals surface area contributed by atoms with E-state index < -0.39 is 0 Å². The van der Waals surface area contributed by atoms with Crippen LogP contribution in [0.15, 0.2) is 70.1 Å². The van der Waals surface area contributed by atoms with Crippen molar-refractivity contribution >= 4 is 21.7 Å². The highest BCUT2D eigenvalue weighted by Crippen LogP contribution is 2.40. The van der Waals surface area contributed by atoms with Gasteiger partial charge in [0.25, 0.3) is 0 Å². The van der Waals surface area contributed by atoms with Crippen LogP contribution in [-0.4, -0.2) is 13.2 Å². The Labute approximate surface area is 143 Å². The number of rotatable bonds is 1. The summed E-state index contributed by atoms with van der Waals surface area (Å²) in [6.45, 7) is 0.972. The second-order valence-corrected chi connectivity index (χ2v) is 5.97. The molecule has 2 heterocycles. The third-order valence-corrected chi connectivity index (χ3v) is 4.51. The van der Waals surface area contributed by atoms with Crippen molar-refractivity contribution in [3.05, 3.63) is 71.1 Å². The summed E-state index contributed by atoms with van der Waals surface area (Å²) in [5.41, 5.74) is 1.84. The lowest BCUT2D eigenvalue weighted by molar-refractivity contribution is 0.174. The molecule has 4 nitrogen and oxygen atoms in total. The van der Waals surface area contributed by atoms with Crippen molar-refractivity contribution in [2.45, 2.75) is 0 Å². The maximum Gasteiger partial charge on any atom is 0.201 e. The summed E-state index contributed by atoms with van der Waals surface area (Å²) in [6.07, 6.45) is 1.53. The highest BCUT2D eigenvalue weighted by Gasteiger charge is 2.20. The van der Waals surface area contributed by atoms with Gasteiger partial charge in [0, 0.05) is 5.39 Å². The van der Waals surface area contributed by atoms with Crippen LogP contribution in [0, 0.1) is 0 Å². The summed E-state index contributed by atoms with van der Waals surface area (Å²) in [6, 6.07) is 17.1. The largest absolute Gasteiger partial charge is 0.486 e. The molecule has 0 N–H and O–H groups in total. The third kappa shape index (κ3) is 2.11. The smallest absolute Gasteiger partial charge is 0.201 e. The Bertz CT molecular complexity index is 1160. The van der Waals surface area contributed by atoms with Crippen LogP contribution < -0.4 is 14.9 Å². The van der Waals surface area contributed by atoms with Crippen LogP contribution in [0.5, 0.6) is 11.5 Å². The normalized spacial score (nSPS) is 13.3. The molecule has 0 atom stereocenters. The van der Waals surface area contributed by atoms with Crippen molar-refractivity contribution in [3.8, 4) is 22.6 Å². The van der Waals surface area contributed by atoms with Crippen LogP contribution in [0.3, 0.4) is 0 Å². The van der Waals surface area contributed by atoms with Gasteiger partial charge in [-0.15, -0.1) is 0 Å². The molecule has 4 aromatic rings. The van der Waals surface area contributed by atoms with Gasteiger partial charge in [-0.1, -0.05) is 42.5 Å². The van der Waals surface area contributed by atoms with Gasteiger partial charge in [-0.3, -0.25) is 4.79 Å². The Balaban J connectivity index is 1.93. The van der Waals surface area contributed by atoms with Gasteiger partial charge in [-0.2, -0.15) is 0 Å². The summed E-state index contributed by atoms with van der Waals surface area (Å²) < 4.78 is 17.3. The van der Waals surface area contributed by atoms with E-state index in [4.69, 9.17) is 13.9 Å². The van der Waals surface area contributed by atoms with E-state index in [1.54, 1.807) is 0 Å². The maximum absolute atomic E-state index is 13.3. The second-order valence-electron chi connectivity index (χ2n) is 5.97. The van der Waals surface area contributed by atoms with Gasteiger partial charge in [-0.25, -0.2) is 0 Å². The Morgan fingerprint density at radius 3 is 2.48 bits per heavy atom. The molecule has 1 aliphatic rings. The molecule has 0 unspecified atom stereocenters. The quantitative estimate of drug-likeness (QED) is 0.486. The summed E-state index contributed by atoms with van der Waals surface area (Å²) >= 11 is 0. The zero-order chi connectivity index (χ0) is 16.8. The van der Waals surface area contributed by atoms with Crippen molar-refractivity contribution in [1.29, 1.82) is 0 Å². The highest BCUT2D eigenvalue weighted by molar-refractivity contribution is 6.10. The van der Waals surface area contributed by atoms with Crippen LogP contribution in [0.1, 0.15) is 0 Å². The molecule has 0 amide bonds. The predicted octanol–water partition coefficient (Wildman–Crippen LogP) is 4.38. The van der Waals surface area contributed by atoms with Gasteiger partial charge in [0.2, 0.25) is 5.43 Å². The van der Waals surface area contributed by atoms with Crippen molar-refractivity contribution in [2.75, 3.05) is 13.2 Å².